The van der Waals surface area contributed by atoms with Gasteiger partial charge in [0, 0.05) is 13.0 Å². The molecule has 0 saturated heterocycles. The molecule has 0 amide bonds. The molecule has 3 nitrogen and oxygen atoms in total. The molecule has 1 N–H and O–H groups in total. The molecule has 0 aromatic carbocycles. The number of hydrogen-bond acceptors (Lipinski definition) is 2. The molecule has 1 heterocycles. The Morgan fingerprint density at radius 1 is 1.67 bits per heavy atom. The van der Waals surface area contributed by atoms with Gasteiger partial charge in [-0.05, 0) is 6.42 Å². The van der Waals surface area contributed by atoms with Crippen LogP contribution in [-0.2, 0) is 13.0 Å². The number of aliphatic hydroxyl groups is 1. The van der Waals surface area contributed by atoms with E-state index in [0.29, 0.717) is 11.7 Å². The number of aromatic nitrogens is 2. The SMILES string of the molecule is CCCc1ncc(Cl)n1CCO. The van der Waals surface area contributed by atoms with Gasteiger partial charge in [-0.25, -0.2) is 4.98 Å². The molecule has 12 heavy (non-hydrogen) atoms. The highest BCUT2D eigenvalue weighted by Crippen LogP contribution is 2.12. The van der Waals surface area contributed by atoms with Crippen LogP contribution in [0.2, 0.25) is 5.15 Å². The first-order valence-corrected chi connectivity index (χ1v) is 4.48. The van der Waals surface area contributed by atoms with Crippen molar-refractivity contribution in [2.75, 3.05) is 6.61 Å². The third-order valence-electron chi connectivity index (χ3n) is 1.69. The van der Waals surface area contributed by atoms with Crippen LogP contribution < -0.4 is 0 Å². The second-order valence-corrected chi connectivity index (χ2v) is 3.01. The maximum atomic E-state index is 8.75. The Labute approximate surface area is 77.0 Å². The number of nitrogens with zero attached hydrogens (tertiary/aromatic N) is 2. The number of rotatable bonds is 4. The summed E-state index contributed by atoms with van der Waals surface area (Å²) in [6, 6.07) is 0. The van der Waals surface area contributed by atoms with Gasteiger partial charge >= 0.3 is 0 Å². The van der Waals surface area contributed by atoms with E-state index in [0.717, 1.165) is 18.7 Å². The fourth-order valence-electron chi connectivity index (χ4n) is 1.15. The summed E-state index contributed by atoms with van der Waals surface area (Å²) in [7, 11) is 0. The van der Waals surface area contributed by atoms with Crippen molar-refractivity contribution < 1.29 is 5.11 Å². The van der Waals surface area contributed by atoms with Gasteiger partial charge in [0.25, 0.3) is 0 Å². The van der Waals surface area contributed by atoms with Crippen molar-refractivity contribution in [3.63, 3.8) is 0 Å². The van der Waals surface area contributed by atoms with Gasteiger partial charge in [0.1, 0.15) is 11.0 Å². The molecule has 0 spiro atoms. The normalized spacial score (nSPS) is 10.6. The lowest BCUT2D eigenvalue weighted by atomic mass is 10.3. The van der Waals surface area contributed by atoms with Crippen molar-refractivity contribution in [1.29, 1.82) is 0 Å². The molecular weight excluding hydrogens is 176 g/mol. The highest BCUT2D eigenvalue weighted by Gasteiger charge is 2.05. The predicted octanol–water partition coefficient (Wildman–Crippen LogP) is 1.48. The maximum absolute atomic E-state index is 8.75. The molecule has 0 aliphatic rings. The van der Waals surface area contributed by atoms with Gasteiger partial charge in [-0.1, -0.05) is 18.5 Å². The highest BCUT2D eigenvalue weighted by molar-refractivity contribution is 6.29. The minimum absolute atomic E-state index is 0.104. The van der Waals surface area contributed by atoms with Gasteiger partial charge < -0.3 is 9.67 Å². The van der Waals surface area contributed by atoms with Crippen molar-refractivity contribution in [3.05, 3.63) is 17.2 Å². The van der Waals surface area contributed by atoms with E-state index >= 15 is 0 Å². The zero-order valence-corrected chi connectivity index (χ0v) is 7.88. The quantitative estimate of drug-likeness (QED) is 0.778. The predicted molar refractivity (Wildman–Crippen MR) is 48.3 cm³/mol. The Balaban J connectivity index is 2.80. The van der Waals surface area contributed by atoms with E-state index in [4.69, 9.17) is 16.7 Å². The van der Waals surface area contributed by atoms with Crippen LogP contribution in [0.1, 0.15) is 19.2 Å². The Morgan fingerprint density at radius 3 is 3.00 bits per heavy atom. The van der Waals surface area contributed by atoms with E-state index in [1.165, 1.54) is 0 Å². The van der Waals surface area contributed by atoms with Crippen LogP contribution in [-0.4, -0.2) is 21.3 Å². The Hall–Kier alpha value is -0.540. The van der Waals surface area contributed by atoms with Crippen LogP contribution in [0.25, 0.3) is 0 Å². The molecule has 1 aromatic heterocycles. The van der Waals surface area contributed by atoms with E-state index in [1.54, 1.807) is 6.20 Å². The van der Waals surface area contributed by atoms with Crippen LogP contribution in [0, 0.1) is 0 Å². The Bertz CT molecular complexity index is 247. The average Bonchev–Trinajstić information content (AvgIpc) is 2.37. The first-order chi connectivity index (χ1) is 5.79. The summed E-state index contributed by atoms with van der Waals surface area (Å²) in [5.74, 6) is 0.955. The van der Waals surface area contributed by atoms with Crippen LogP contribution in [0.3, 0.4) is 0 Å². The van der Waals surface area contributed by atoms with Gasteiger partial charge in [-0.3, -0.25) is 0 Å². The molecule has 0 aliphatic heterocycles. The van der Waals surface area contributed by atoms with E-state index in [2.05, 4.69) is 11.9 Å². The molecule has 1 rings (SSSR count). The van der Waals surface area contributed by atoms with Crippen molar-refractivity contribution >= 4 is 11.6 Å². The molecule has 68 valence electrons. The fourth-order valence-corrected chi connectivity index (χ4v) is 1.38. The van der Waals surface area contributed by atoms with Crippen molar-refractivity contribution in [2.24, 2.45) is 0 Å². The van der Waals surface area contributed by atoms with E-state index in [1.807, 2.05) is 4.57 Å². The summed E-state index contributed by atoms with van der Waals surface area (Å²) in [5.41, 5.74) is 0. The fraction of sp³-hybridized carbons (Fsp3) is 0.625. The van der Waals surface area contributed by atoms with Crippen molar-refractivity contribution in [1.82, 2.24) is 9.55 Å². The summed E-state index contributed by atoms with van der Waals surface area (Å²) in [5, 5.41) is 9.35. The standard InChI is InChI=1S/C8H13ClN2O/c1-2-3-8-10-6-7(9)11(8)4-5-12/h6,12H,2-5H2,1H3. The number of aliphatic hydroxyl groups excluding tert-OH is 1. The largest absolute Gasteiger partial charge is 0.395 e. The lowest BCUT2D eigenvalue weighted by Crippen LogP contribution is -2.06. The zero-order valence-electron chi connectivity index (χ0n) is 7.13. The molecule has 0 fully saturated rings. The average molecular weight is 189 g/mol. The molecule has 0 radical (unpaired) electrons. The van der Waals surface area contributed by atoms with Crippen molar-refractivity contribution in [2.45, 2.75) is 26.3 Å². The first-order valence-electron chi connectivity index (χ1n) is 4.10. The molecule has 4 heteroatoms. The summed E-state index contributed by atoms with van der Waals surface area (Å²) in [6.07, 6.45) is 3.58. The third kappa shape index (κ3) is 1.99. The molecule has 0 bridgehead atoms. The van der Waals surface area contributed by atoms with Crippen LogP contribution in [0.5, 0.6) is 0 Å². The smallest absolute Gasteiger partial charge is 0.128 e. The highest BCUT2D eigenvalue weighted by atomic mass is 35.5. The Morgan fingerprint density at radius 2 is 2.42 bits per heavy atom. The number of imidazole rings is 1. The molecule has 1 aromatic rings. The second kappa shape index (κ2) is 4.48. The minimum atomic E-state index is 0.104. The molecule has 0 saturated carbocycles. The van der Waals surface area contributed by atoms with Crippen molar-refractivity contribution in [3.8, 4) is 0 Å². The molecule has 0 unspecified atom stereocenters. The van der Waals surface area contributed by atoms with E-state index in [-0.39, 0.29) is 6.61 Å². The summed E-state index contributed by atoms with van der Waals surface area (Å²) in [6.45, 7) is 2.73. The van der Waals surface area contributed by atoms with Gasteiger partial charge in [0.15, 0.2) is 0 Å². The minimum Gasteiger partial charge on any atom is -0.395 e. The number of hydrogen-bond donors (Lipinski definition) is 1. The lowest BCUT2D eigenvalue weighted by molar-refractivity contribution is 0.274. The zero-order chi connectivity index (χ0) is 8.97. The van der Waals surface area contributed by atoms with Gasteiger partial charge in [-0.2, -0.15) is 0 Å². The van der Waals surface area contributed by atoms with Crippen LogP contribution in [0.4, 0.5) is 0 Å². The maximum Gasteiger partial charge on any atom is 0.128 e. The van der Waals surface area contributed by atoms with Gasteiger partial charge in [-0.15, -0.1) is 0 Å². The lowest BCUT2D eigenvalue weighted by Gasteiger charge is -2.05. The molecular formula is C8H13ClN2O. The van der Waals surface area contributed by atoms with Gasteiger partial charge in [0.05, 0.1) is 12.8 Å². The monoisotopic (exact) mass is 188 g/mol. The third-order valence-corrected chi connectivity index (χ3v) is 1.99. The Kier molecular flexibility index (Phi) is 3.56. The summed E-state index contributed by atoms with van der Waals surface area (Å²) < 4.78 is 1.84. The number of aryl methyl sites for hydroxylation is 1. The molecule has 0 atom stereocenters. The van der Waals surface area contributed by atoms with Crippen LogP contribution >= 0.6 is 11.6 Å². The summed E-state index contributed by atoms with van der Waals surface area (Å²) >= 11 is 5.85. The van der Waals surface area contributed by atoms with Crippen LogP contribution in [0.15, 0.2) is 6.20 Å². The van der Waals surface area contributed by atoms with E-state index in [9.17, 15) is 0 Å². The summed E-state index contributed by atoms with van der Waals surface area (Å²) in [4.78, 5) is 4.14. The first kappa shape index (κ1) is 9.55. The number of halogens is 1. The van der Waals surface area contributed by atoms with E-state index < -0.39 is 0 Å². The van der Waals surface area contributed by atoms with Gasteiger partial charge in [0.2, 0.25) is 0 Å². The second-order valence-electron chi connectivity index (χ2n) is 2.62. The molecule has 0 aliphatic carbocycles. The topological polar surface area (TPSA) is 38.0 Å².